The number of alkyl halides is 2. The molecule has 0 amide bonds. The Labute approximate surface area is 174 Å². The first-order valence-corrected chi connectivity index (χ1v) is 11.7. The van der Waals surface area contributed by atoms with Crippen molar-refractivity contribution in [2.24, 2.45) is 5.73 Å². The molecule has 1 saturated carbocycles. The molecule has 2 aromatic carbocycles. The molecule has 3 aromatic rings. The first-order valence-electron chi connectivity index (χ1n) is 10.1. The van der Waals surface area contributed by atoms with E-state index in [9.17, 15) is 13.0 Å². The topological polar surface area (TPSA) is 86.0 Å². The number of benzene rings is 2. The van der Waals surface area contributed by atoms with Crippen LogP contribution in [0.1, 0.15) is 19.3 Å². The van der Waals surface area contributed by atoms with Crippen LogP contribution in [0.4, 0.5) is 14.5 Å². The van der Waals surface area contributed by atoms with E-state index in [-0.39, 0.29) is 30.8 Å². The van der Waals surface area contributed by atoms with Crippen molar-refractivity contribution in [2.75, 3.05) is 18.0 Å². The monoisotopic (exact) mass is 430 g/mol. The second-order valence-corrected chi connectivity index (χ2v) is 10.8. The molecule has 5 rings (SSSR count). The fourth-order valence-corrected chi connectivity index (χ4v) is 6.41. The third kappa shape index (κ3) is 3.28. The summed E-state index contributed by atoms with van der Waals surface area (Å²) in [5.74, 6) is -2.72. The molecular formula is C22H24F2N4OS. The highest BCUT2D eigenvalue weighted by molar-refractivity contribution is 7.93. The molecule has 8 heteroatoms. The van der Waals surface area contributed by atoms with Crippen molar-refractivity contribution in [3.05, 3.63) is 48.5 Å². The largest absolute Gasteiger partial charge is 0.365 e. The fraction of sp³-hybridized carbons (Fsp3) is 0.364. The van der Waals surface area contributed by atoms with Crippen LogP contribution in [-0.2, 0) is 9.73 Å². The lowest BCUT2D eigenvalue weighted by atomic mass is 9.93. The molecular weight excluding hydrogens is 406 g/mol. The van der Waals surface area contributed by atoms with Gasteiger partial charge in [0.2, 0.25) is 0 Å². The zero-order chi connectivity index (χ0) is 21.1. The summed E-state index contributed by atoms with van der Waals surface area (Å²) in [6.07, 6.45) is 0.963. The third-order valence-corrected chi connectivity index (χ3v) is 8.53. The van der Waals surface area contributed by atoms with Crippen LogP contribution < -0.4 is 10.6 Å². The molecule has 2 heterocycles. The predicted molar refractivity (Wildman–Crippen MR) is 116 cm³/mol. The molecule has 0 radical (unpaired) electrons. The molecule has 5 nitrogen and oxygen atoms in total. The Morgan fingerprint density at radius 2 is 1.93 bits per heavy atom. The van der Waals surface area contributed by atoms with Crippen molar-refractivity contribution in [3.8, 4) is 11.3 Å². The van der Waals surface area contributed by atoms with Crippen LogP contribution >= 0.6 is 0 Å². The number of aromatic nitrogens is 1. The number of hydrogen-bond donors (Lipinski definition) is 3. The summed E-state index contributed by atoms with van der Waals surface area (Å²) in [6.45, 7) is -0.0827. The Balaban J connectivity index is 1.62. The molecule has 1 atom stereocenters. The van der Waals surface area contributed by atoms with Gasteiger partial charge < -0.3 is 15.6 Å². The highest BCUT2D eigenvalue weighted by Gasteiger charge is 2.40. The van der Waals surface area contributed by atoms with Crippen LogP contribution in [0.3, 0.4) is 0 Å². The summed E-state index contributed by atoms with van der Waals surface area (Å²) in [4.78, 5) is 5.46. The van der Waals surface area contributed by atoms with E-state index in [2.05, 4.69) is 4.98 Å². The van der Waals surface area contributed by atoms with E-state index in [1.807, 2.05) is 30.3 Å². The van der Waals surface area contributed by atoms with Gasteiger partial charge in [0.05, 0.1) is 21.5 Å². The Morgan fingerprint density at radius 3 is 2.60 bits per heavy atom. The number of para-hydroxylation sites is 1. The number of H-pyrrole nitrogens is 1. The highest BCUT2D eigenvalue weighted by atomic mass is 32.2. The summed E-state index contributed by atoms with van der Waals surface area (Å²) in [7, 11) is -3.02. The summed E-state index contributed by atoms with van der Waals surface area (Å²) in [6, 6.07) is 14.9. The van der Waals surface area contributed by atoms with E-state index < -0.39 is 15.7 Å². The number of rotatable bonds is 4. The van der Waals surface area contributed by atoms with Crippen LogP contribution in [0.5, 0.6) is 0 Å². The maximum Gasteiger partial charge on any atom is 0.266 e. The number of aromatic amines is 1. The molecule has 4 N–H and O–H groups in total. The molecule has 1 saturated heterocycles. The van der Waals surface area contributed by atoms with Gasteiger partial charge in [-0.2, -0.15) is 0 Å². The van der Waals surface area contributed by atoms with Crippen molar-refractivity contribution in [1.29, 1.82) is 4.78 Å². The van der Waals surface area contributed by atoms with Gasteiger partial charge in [0.15, 0.2) is 0 Å². The third-order valence-electron chi connectivity index (χ3n) is 6.25. The van der Waals surface area contributed by atoms with E-state index in [0.717, 1.165) is 16.6 Å². The molecule has 0 bridgehead atoms. The Bertz CT molecular complexity index is 1180. The van der Waals surface area contributed by atoms with Gasteiger partial charge in [-0.05, 0) is 43.2 Å². The van der Waals surface area contributed by atoms with Gasteiger partial charge in [-0.25, -0.2) is 17.8 Å². The van der Waals surface area contributed by atoms with E-state index in [1.165, 1.54) is 0 Å². The lowest BCUT2D eigenvalue weighted by Gasteiger charge is -2.34. The van der Waals surface area contributed by atoms with Crippen LogP contribution in [0.2, 0.25) is 0 Å². The second kappa shape index (κ2) is 6.78. The van der Waals surface area contributed by atoms with Crippen molar-refractivity contribution in [1.82, 2.24) is 4.98 Å². The summed E-state index contributed by atoms with van der Waals surface area (Å²) in [5, 5.41) is 0.747. The van der Waals surface area contributed by atoms with Gasteiger partial charge in [0.1, 0.15) is 0 Å². The molecule has 30 heavy (non-hydrogen) atoms. The Morgan fingerprint density at radius 1 is 1.17 bits per heavy atom. The van der Waals surface area contributed by atoms with E-state index in [1.54, 1.807) is 23.1 Å². The summed E-state index contributed by atoms with van der Waals surface area (Å²) < 4.78 is 49.6. The molecule has 1 unspecified atom stereocenters. The standard InChI is InChI=1S/C22H24F2N4OS/c23-22(24)7-8-28(13-22)21-6-5-16(30(26,29)17-10-15(25)11-17)12-18(21)20-9-14-3-1-2-4-19(14)27-20/h1-6,9,12,15,17,26-27H,7-8,10-11,13,25H2. The average Bonchev–Trinajstić information content (AvgIpc) is 3.27. The van der Waals surface area contributed by atoms with Gasteiger partial charge in [-0.1, -0.05) is 18.2 Å². The summed E-state index contributed by atoms with van der Waals surface area (Å²) >= 11 is 0. The minimum atomic E-state index is -3.02. The Hall–Kier alpha value is -2.45. The minimum absolute atomic E-state index is 0.000422. The quantitative estimate of drug-likeness (QED) is 0.566. The molecule has 0 spiro atoms. The van der Waals surface area contributed by atoms with Crippen LogP contribution in [0, 0.1) is 4.78 Å². The van der Waals surface area contributed by atoms with Gasteiger partial charge in [0.25, 0.3) is 5.92 Å². The number of nitrogens with one attached hydrogen (secondary N) is 2. The van der Waals surface area contributed by atoms with E-state index >= 15 is 0 Å². The molecule has 1 aliphatic carbocycles. The molecule has 1 aromatic heterocycles. The minimum Gasteiger partial charge on any atom is -0.365 e. The maximum atomic E-state index is 13.9. The number of anilines is 1. The van der Waals surface area contributed by atoms with E-state index in [4.69, 9.17) is 10.5 Å². The molecule has 1 aliphatic heterocycles. The predicted octanol–water partition coefficient (Wildman–Crippen LogP) is 4.58. The smallest absolute Gasteiger partial charge is 0.266 e. The normalized spacial score (nSPS) is 25.2. The SMILES string of the molecule is N=S(=O)(c1ccc(N2CCC(F)(F)C2)c(-c2cc3ccccc3[nH]2)c1)C1CC(N)C1. The lowest BCUT2D eigenvalue weighted by molar-refractivity contribution is 0.0257. The van der Waals surface area contributed by atoms with Crippen molar-refractivity contribution >= 4 is 26.3 Å². The van der Waals surface area contributed by atoms with Gasteiger partial charge in [-0.15, -0.1) is 0 Å². The van der Waals surface area contributed by atoms with Crippen molar-refractivity contribution in [3.63, 3.8) is 0 Å². The maximum absolute atomic E-state index is 13.9. The number of fused-ring (bicyclic) bond motifs is 1. The highest BCUT2D eigenvalue weighted by Crippen LogP contribution is 2.40. The van der Waals surface area contributed by atoms with Gasteiger partial charge in [-0.3, -0.25) is 0 Å². The van der Waals surface area contributed by atoms with E-state index in [0.29, 0.717) is 29.0 Å². The van der Waals surface area contributed by atoms with Crippen LogP contribution in [-0.4, -0.2) is 39.5 Å². The van der Waals surface area contributed by atoms with Crippen LogP contribution in [0.25, 0.3) is 22.2 Å². The zero-order valence-corrected chi connectivity index (χ0v) is 17.2. The average molecular weight is 431 g/mol. The van der Waals surface area contributed by atoms with Crippen LogP contribution in [0.15, 0.2) is 53.4 Å². The zero-order valence-electron chi connectivity index (χ0n) is 16.4. The van der Waals surface area contributed by atoms with Gasteiger partial charge in [0, 0.05) is 51.8 Å². The number of nitrogens with zero attached hydrogens (tertiary/aromatic N) is 1. The molecule has 2 aliphatic rings. The fourth-order valence-electron chi connectivity index (χ4n) is 4.43. The Kier molecular flexibility index (Phi) is 4.41. The number of halogens is 2. The second-order valence-electron chi connectivity index (χ2n) is 8.43. The number of nitrogens with two attached hydrogens (primary N) is 1. The first-order chi connectivity index (χ1) is 14.2. The molecule has 2 fully saturated rings. The summed E-state index contributed by atoms with van der Waals surface area (Å²) in [5.41, 5.74) is 8.92. The molecule has 158 valence electrons. The van der Waals surface area contributed by atoms with Gasteiger partial charge >= 0.3 is 0 Å². The van der Waals surface area contributed by atoms with Crippen molar-refractivity contribution in [2.45, 2.75) is 41.4 Å². The van der Waals surface area contributed by atoms with Crippen molar-refractivity contribution < 1.29 is 13.0 Å². The number of hydrogen-bond acceptors (Lipinski definition) is 4. The lowest BCUT2D eigenvalue weighted by Crippen LogP contribution is -2.44. The first kappa shape index (κ1) is 19.5.